The highest BCUT2D eigenvalue weighted by atomic mass is 16.5. The van der Waals surface area contributed by atoms with Gasteiger partial charge in [0.1, 0.15) is 30.6 Å². The fraction of sp³-hybridized carbons (Fsp3) is 0.556. The average Bonchev–Trinajstić information content (AvgIpc) is 3.12. The SMILES string of the molecule is Cc1cc(C)cc(OCC(O)CN2CCCC2c2nncn2C)c1. The number of benzene rings is 1. The van der Waals surface area contributed by atoms with Crippen LogP contribution in [0.1, 0.15) is 35.8 Å². The second-order valence-corrected chi connectivity index (χ2v) is 6.74. The first kappa shape index (κ1) is 16.9. The normalized spacial score (nSPS) is 19.6. The van der Waals surface area contributed by atoms with E-state index in [4.69, 9.17) is 4.74 Å². The minimum atomic E-state index is -0.528. The van der Waals surface area contributed by atoms with Crippen LogP contribution in [0.2, 0.25) is 0 Å². The first-order valence-electron chi connectivity index (χ1n) is 8.50. The van der Waals surface area contributed by atoms with Crippen molar-refractivity contribution >= 4 is 0 Å². The van der Waals surface area contributed by atoms with E-state index in [-0.39, 0.29) is 6.04 Å². The van der Waals surface area contributed by atoms with Crippen LogP contribution in [0.25, 0.3) is 0 Å². The van der Waals surface area contributed by atoms with Gasteiger partial charge in [-0.2, -0.15) is 0 Å². The molecular formula is C18H26N4O2. The highest BCUT2D eigenvalue weighted by Gasteiger charge is 2.30. The molecule has 1 aliphatic rings. The maximum absolute atomic E-state index is 10.4. The molecule has 6 heteroatoms. The zero-order valence-electron chi connectivity index (χ0n) is 14.6. The number of aliphatic hydroxyl groups excluding tert-OH is 1. The van der Waals surface area contributed by atoms with Crippen LogP contribution in [0.3, 0.4) is 0 Å². The molecule has 1 fully saturated rings. The van der Waals surface area contributed by atoms with Gasteiger partial charge in [0.05, 0.1) is 6.04 Å². The summed E-state index contributed by atoms with van der Waals surface area (Å²) in [6, 6.07) is 6.34. The number of rotatable bonds is 6. The molecule has 0 radical (unpaired) electrons. The van der Waals surface area contributed by atoms with Crippen molar-refractivity contribution in [1.29, 1.82) is 0 Å². The second-order valence-electron chi connectivity index (χ2n) is 6.74. The van der Waals surface area contributed by atoms with E-state index in [0.717, 1.165) is 31.0 Å². The Morgan fingerprint density at radius 2 is 2.04 bits per heavy atom. The van der Waals surface area contributed by atoms with Crippen LogP contribution in [-0.2, 0) is 7.05 Å². The molecule has 0 bridgehead atoms. The van der Waals surface area contributed by atoms with Gasteiger partial charge in [-0.05, 0) is 56.5 Å². The third-order valence-corrected chi connectivity index (χ3v) is 4.49. The Balaban J connectivity index is 1.56. The van der Waals surface area contributed by atoms with E-state index in [1.807, 2.05) is 37.6 Å². The predicted molar refractivity (Wildman–Crippen MR) is 92.0 cm³/mol. The Labute approximate surface area is 143 Å². The number of aromatic nitrogens is 3. The van der Waals surface area contributed by atoms with Crippen molar-refractivity contribution < 1.29 is 9.84 Å². The van der Waals surface area contributed by atoms with E-state index in [9.17, 15) is 5.11 Å². The monoisotopic (exact) mass is 330 g/mol. The van der Waals surface area contributed by atoms with Crippen LogP contribution in [0.4, 0.5) is 0 Å². The molecule has 0 amide bonds. The highest BCUT2D eigenvalue weighted by molar-refractivity contribution is 5.33. The fourth-order valence-corrected chi connectivity index (χ4v) is 3.46. The van der Waals surface area contributed by atoms with Crippen LogP contribution in [-0.4, -0.2) is 50.6 Å². The maximum Gasteiger partial charge on any atom is 0.149 e. The lowest BCUT2D eigenvalue weighted by Crippen LogP contribution is -2.36. The molecule has 2 unspecified atom stereocenters. The minimum absolute atomic E-state index is 0.230. The van der Waals surface area contributed by atoms with Crippen LogP contribution in [0.15, 0.2) is 24.5 Å². The Hall–Kier alpha value is -1.92. The molecule has 0 spiro atoms. The molecule has 3 rings (SSSR count). The van der Waals surface area contributed by atoms with Crippen LogP contribution < -0.4 is 4.74 Å². The molecule has 0 aliphatic carbocycles. The lowest BCUT2D eigenvalue weighted by atomic mass is 10.1. The molecule has 1 saturated heterocycles. The van der Waals surface area contributed by atoms with Gasteiger partial charge in [0.15, 0.2) is 0 Å². The largest absolute Gasteiger partial charge is 0.491 e. The van der Waals surface area contributed by atoms with Crippen molar-refractivity contribution in [2.24, 2.45) is 7.05 Å². The smallest absolute Gasteiger partial charge is 0.149 e. The van der Waals surface area contributed by atoms with Crippen molar-refractivity contribution in [2.45, 2.75) is 38.8 Å². The van der Waals surface area contributed by atoms with Gasteiger partial charge >= 0.3 is 0 Å². The van der Waals surface area contributed by atoms with Gasteiger partial charge in [-0.15, -0.1) is 10.2 Å². The molecule has 1 aliphatic heterocycles. The van der Waals surface area contributed by atoms with E-state index in [0.29, 0.717) is 13.2 Å². The topological polar surface area (TPSA) is 63.4 Å². The van der Waals surface area contributed by atoms with Crippen LogP contribution in [0.5, 0.6) is 5.75 Å². The average molecular weight is 330 g/mol. The lowest BCUT2D eigenvalue weighted by Gasteiger charge is -2.26. The summed E-state index contributed by atoms with van der Waals surface area (Å²) in [5.41, 5.74) is 2.34. The van der Waals surface area contributed by atoms with Crippen molar-refractivity contribution in [2.75, 3.05) is 19.7 Å². The molecule has 1 aromatic heterocycles. The summed E-state index contributed by atoms with van der Waals surface area (Å²) in [6.07, 6.45) is 3.37. The molecule has 6 nitrogen and oxygen atoms in total. The first-order chi connectivity index (χ1) is 11.5. The summed E-state index contributed by atoms with van der Waals surface area (Å²) in [6.45, 7) is 5.95. The predicted octanol–water partition coefficient (Wildman–Crippen LogP) is 2.01. The Morgan fingerprint density at radius 3 is 2.71 bits per heavy atom. The summed E-state index contributed by atoms with van der Waals surface area (Å²) in [7, 11) is 1.96. The van der Waals surface area contributed by atoms with E-state index >= 15 is 0 Å². The molecule has 2 atom stereocenters. The molecule has 0 saturated carbocycles. The number of hydrogen-bond donors (Lipinski definition) is 1. The van der Waals surface area contributed by atoms with Gasteiger partial charge in [0, 0.05) is 13.6 Å². The molecule has 1 N–H and O–H groups in total. The lowest BCUT2D eigenvalue weighted by molar-refractivity contribution is 0.0622. The Morgan fingerprint density at radius 1 is 1.29 bits per heavy atom. The van der Waals surface area contributed by atoms with Gasteiger partial charge in [0.25, 0.3) is 0 Å². The molecule has 2 aromatic rings. The van der Waals surface area contributed by atoms with Crippen LogP contribution >= 0.6 is 0 Å². The van der Waals surface area contributed by atoms with E-state index in [1.165, 1.54) is 11.1 Å². The van der Waals surface area contributed by atoms with Gasteiger partial charge < -0.3 is 14.4 Å². The molecule has 130 valence electrons. The van der Waals surface area contributed by atoms with Crippen LogP contribution in [0, 0.1) is 13.8 Å². The van der Waals surface area contributed by atoms with Crippen molar-refractivity contribution in [1.82, 2.24) is 19.7 Å². The summed E-state index contributed by atoms with van der Waals surface area (Å²) >= 11 is 0. The number of aryl methyl sites for hydroxylation is 3. The quantitative estimate of drug-likeness (QED) is 0.878. The van der Waals surface area contributed by atoms with Crippen molar-refractivity contribution in [3.63, 3.8) is 0 Å². The van der Waals surface area contributed by atoms with Crippen molar-refractivity contribution in [3.05, 3.63) is 41.5 Å². The zero-order valence-corrected chi connectivity index (χ0v) is 14.6. The molecule has 1 aromatic carbocycles. The number of aliphatic hydroxyl groups is 1. The first-order valence-corrected chi connectivity index (χ1v) is 8.50. The Kier molecular flexibility index (Phi) is 5.16. The third kappa shape index (κ3) is 3.94. The molecule has 24 heavy (non-hydrogen) atoms. The minimum Gasteiger partial charge on any atom is -0.491 e. The Bertz CT molecular complexity index is 665. The summed E-state index contributed by atoms with van der Waals surface area (Å²) in [5, 5.41) is 18.6. The molecular weight excluding hydrogens is 304 g/mol. The van der Waals surface area contributed by atoms with E-state index in [1.54, 1.807) is 6.33 Å². The van der Waals surface area contributed by atoms with E-state index in [2.05, 4.69) is 21.2 Å². The number of ether oxygens (including phenoxy) is 1. The number of hydrogen-bond acceptors (Lipinski definition) is 5. The number of nitrogens with zero attached hydrogens (tertiary/aromatic N) is 4. The third-order valence-electron chi connectivity index (χ3n) is 4.49. The summed E-state index contributed by atoms with van der Waals surface area (Å²) in [5.74, 6) is 1.78. The highest BCUT2D eigenvalue weighted by Crippen LogP contribution is 2.30. The fourth-order valence-electron chi connectivity index (χ4n) is 3.46. The zero-order chi connectivity index (χ0) is 17.1. The second kappa shape index (κ2) is 7.32. The van der Waals surface area contributed by atoms with Gasteiger partial charge in [-0.3, -0.25) is 4.90 Å². The van der Waals surface area contributed by atoms with Gasteiger partial charge in [-0.25, -0.2) is 0 Å². The summed E-state index contributed by atoms with van der Waals surface area (Å²) in [4.78, 5) is 2.28. The summed E-state index contributed by atoms with van der Waals surface area (Å²) < 4.78 is 7.74. The van der Waals surface area contributed by atoms with Crippen molar-refractivity contribution in [3.8, 4) is 5.75 Å². The number of β-amino-alcohol motifs (C(OH)–C–C–N with tert-alkyl or cyclic N) is 1. The standard InChI is InChI=1S/C18H26N4O2/c1-13-7-14(2)9-16(8-13)24-11-15(23)10-22-6-4-5-17(22)18-20-19-12-21(18)3/h7-9,12,15,17,23H,4-6,10-11H2,1-3H3. The maximum atomic E-state index is 10.4. The molecule has 2 heterocycles. The van der Waals surface area contributed by atoms with Gasteiger partial charge in [-0.1, -0.05) is 6.07 Å². The number of likely N-dealkylation sites (tertiary alicyclic amines) is 1. The van der Waals surface area contributed by atoms with E-state index < -0.39 is 6.10 Å². The van der Waals surface area contributed by atoms with Gasteiger partial charge in [0.2, 0.25) is 0 Å².